The fourth-order valence-corrected chi connectivity index (χ4v) is 2.44. The third kappa shape index (κ3) is 4.07. The van der Waals surface area contributed by atoms with Crippen molar-refractivity contribution in [3.05, 3.63) is 29.3 Å². The average molecular weight is 380 g/mol. The summed E-state index contributed by atoms with van der Waals surface area (Å²) >= 11 is 5.00. The first-order valence-corrected chi connectivity index (χ1v) is 7.19. The summed E-state index contributed by atoms with van der Waals surface area (Å²) in [4.78, 5) is -0.194. The van der Waals surface area contributed by atoms with Crippen molar-refractivity contribution in [1.29, 1.82) is 5.26 Å². The molecule has 0 saturated carbocycles. The Morgan fingerprint density at radius 2 is 1.96 bits per heavy atom. The molecular formula is C14H10F6N4S. The van der Waals surface area contributed by atoms with E-state index in [1.807, 2.05) is 0 Å². The molecule has 2 atom stereocenters. The van der Waals surface area contributed by atoms with E-state index < -0.39 is 41.5 Å². The predicted octanol–water partition coefficient (Wildman–Crippen LogP) is 4.86. The molecule has 0 amide bonds. The number of benzene rings is 1. The van der Waals surface area contributed by atoms with Crippen molar-refractivity contribution in [3.63, 3.8) is 0 Å². The summed E-state index contributed by atoms with van der Waals surface area (Å²) in [5, 5.41) is 17.9. The number of hydrogen-bond acceptors (Lipinski definition) is 4. The maximum atomic E-state index is 12.9. The summed E-state index contributed by atoms with van der Waals surface area (Å²) < 4.78 is 76.9. The Kier molecular flexibility index (Phi) is 4.78. The number of alkyl halides is 6. The van der Waals surface area contributed by atoms with Gasteiger partial charge < -0.3 is 5.32 Å². The van der Waals surface area contributed by atoms with E-state index in [4.69, 9.17) is 17.5 Å². The van der Waals surface area contributed by atoms with Gasteiger partial charge in [-0.05, 0) is 25.1 Å². The third-order valence-corrected chi connectivity index (χ3v) is 4.12. The molecule has 0 bridgehead atoms. The summed E-state index contributed by atoms with van der Waals surface area (Å²) in [5.41, 5.74) is -3.34. The quantitative estimate of drug-likeness (QED) is 0.589. The van der Waals surface area contributed by atoms with Crippen LogP contribution in [-0.2, 0) is 6.18 Å². The largest absolute Gasteiger partial charge is 0.417 e. The van der Waals surface area contributed by atoms with Gasteiger partial charge in [-0.2, -0.15) is 41.8 Å². The number of hydrogen-bond donors (Lipinski definition) is 1. The minimum atomic E-state index is -4.76. The van der Waals surface area contributed by atoms with E-state index >= 15 is 0 Å². The van der Waals surface area contributed by atoms with Crippen LogP contribution < -0.4 is 5.32 Å². The molecule has 1 aromatic carbocycles. The van der Waals surface area contributed by atoms with E-state index in [0.29, 0.717) is 6.07 Å². The average Bonchev–Trinajstić information content (AvgIpc) is 2.90. The Morgan fingerprint density at radius 1 is 1.32 bits per heavy atom. The molecule has 1 heterocycles. The number of azo groups is 1. The predicted molar refractivity (Wildman–Crippen MR) is 80.1 cm³/mol. The lowest BCUT2D eigenvalue weighted by atomic mass is 9.95. The van der Waals surface area contributed by atoms with Crippen LogP contribution in [0.4, 0.5) is 32.0 Å². The van der Waals surface area contributed by atoms with Gasteiger partial charge in [0, 0.05) is 12.1 Å². The van der Waals surface area contributed by atoms with Crippen LogP contribution in [0, 0.1) is 11.3 Å². The Bertz CT molecular complexity index is 764. The van der Waals surface area contributed by atoms with Crippen LogP contribution in [0.15, 0.2) is 28.4 Å². The Hall–Kier alpha value is -2.22. The molecule has 0 radical (unpaired) electrons. The molecule has 134 valence electrons. The molecule has 0 saturated heterocycles. The molecule has 0 aliphatic carbocycles. The smallest absolute Gasteiger partial charge is 0.348 e. The van der Waals surface area contributed by atoms with Crippen molar-refractivity contribution in [2.24, 2.45) is 10.2 Å². The van der Waals surface area contributed by atoms with Crippen molar-refractivity contribution in [2.45, 2.75) is 37.3 Å². The second-order valence-electron chi connectivity index (χ2n) is 5.57. The fraction of sp³-hybridized carbons (Fsp3) is 0.429. The number of nitriles is 1. The van der Waals surface area contributed by atoms with E-state index in [1.165, 1.54) is 19.1 Å². The van der Waals surface area contributed by atoms with Gasteiger partial charge >= 0.3 is 12.4 Å². The summed E-state index contributed by atoms with van der Waals surface area (Å²) in [5.74, 6) is 0. The Morgan fingerprint density at radius 3 is 2.44 bits per heavy atom. The molecule has 0 fully saturated rings. The van der Waals surface area contributed by atoms with Gasteiger partial charge in [0.15, 0.2) is 6.04 Å². The SMILES string of the molecule is C[C@]1(C(=S)Nc2ccc(C#N)c(C(F)(F)F)c2)CC(C(F)(F)F)N=N1. The minimum Gasteiger partial charge on any atom is -0.348 e. The first-order valence-electron chi connectivity index (χ1n) is 6.78. The molecule has 0 aromatic heterocycles. The first kappa shape index (κ1) is 19.1. The van der Waals surface area contributed by atoms with Crippen LogP contribution in [0.2, 0.25) is 0 Å². The third-order valence-electron chi connectivity index (χ3n) is 3.58. The zero-order chi connectivity index (χ0) is 19.0. The number of thiocarbonyl (C=S) groups is 1. The highest BCUT2D eigenvalue weighted by Crippen LogP contribution is 2.38. The second kappa shape index (κ2) is 6.25. The second-order valence-corrected chi connectivity index (χ2v) is 5.98. The van der Waals surface area contributed by atoms with Crippen molar-refractivity contribution >= 4 is 22.9 Å². The summed E-state index contributed by atoms with van der Waals surface area (Å²) in [7, 11) is 0. The highest BCUT2D eigenvalue weighted by molar-refractivity contribution is 7.80. The molecule has 1 N–H and O–H groups in total. The standard InChI is InChI=1S/C14H10F6N4S/c1-12(5-10(23-24-12)14(18,19)20)11(25)22-8-3-2-7(6-21)9(4-8)13(15,16)17/h2-4,10H,5H2,1H3,(H,22,25)/t10?,12-/m1/s1. The molecule has 1 aliphatic rings. The van der Waals surface area contributed by atoms with Gasteiger partial charge in [0.05, 0.1) is 17.2 Å². The number of halogens is 6. The van der Waals surface area contributed by atoms with Crippen LogP contribution in [0.1, 0.15) is 24.5 Å². The highest BCUT2D eigenvalue weighted by Gasteiger charge is 2.50. The first-order chi connectivity index (χ1) is 11.4. The van der Waals surface area contributed by atoms with Crippen molar-refractivity contribution in [1.82, 2.24) is 0 Å². The lowest BCUT2D eigenvalue weighted by Crippen LogP contribution is -2.39. The Labute approximate surface area is 143 Å². The maximum absolute atomic E-state index is 12.9. The zero-order valence-corrected chi connectivity index (χ0v) is 13.4. The van der Waals surface area contributed by atoms with Crippen molar-refractivity contribution in [2.75, 3.05) is 5.32 Å². The van der Waals surface area contributed by atoms with Crippen LogP contribution in [-0.4, -0.2) is 22.7 Å². The highest BCUT2D eigenvalue weighted by atomic mass is 32.1. The van der Waals surface area contributed by atoms with Crippen LogP contribution in [0.25, 0.3) is 0 Å². The van der Waals surface area contributed by atoms with E-state index in [1.54, 1.807) is 0 Å². The van der Waals surface area contributed by atoms with Gasteiger partial charge in [0.2, 0.25) is 0 Å². The minimum absolute atomic E-state index is 0.108. The molecule has 1 unspecified atom stereocenters. The summed E-state index contributed by atoms with van der Waals surface area (Å²) in [6, 6.07) is 2.21. The van der Waals surface area contributed by atoms with Gasteiger partial charge in [0.25, 0.3) is 0 Å². The lowest BCUT2D eigenvalue weighted by Gasteiger charge is -2.23. The molecule has 1 aliphatic heterocycles. The van der Waals surface area contributed by atoms with E-state index in [9.17, 15) is 26.3 Å². The normalized spacial score (nSPS) is 23.4. The lowest BCUT2D eigenvalue weighted by molar-refractivity contribution is -0.147. The van der Waals surface area contributed by atoms with Crippen LogP contribution in [0.3, 0.4) is 0 Å². The van der Waals surface area contributed by atoms with Gasteiger partial charge in [-0.25, -0.2) is 0 Å². The van der Waals surface area contributed by atoms with Crippen molar-refractivity contribution in [3.8, 4) is 6.07 Å². The maximum Gasteiger partial charge on any atom is 0.417 e. The van der Waals surface area contributed by atoms with E-state index in [2.05, 4.69) is 15.5 Å². The number of rotatable bonds is 2. The molecule has 1 aromatic rings. The van der Waals surface area contributed by atoms with Gasteiger partial charge in [-0.15, -0.1) is 0 Å². The Balaban J connectivity index is 2.22. The van der Waals surface area contributed by atoms with Crippen LogP contribution >= 0.6 is 12.2 Å². The molecule has 0 spiro atoms. The molecular weight excluding hydrogens is 370 g/mol. The molecule has 25 heavy (non-hydrogen) atoms. The molecule has 2 rings (SSSR count). The van der Waals surface area contributed by atoms with Gasteiger partial charge in [-0.3, -0.25) is 0 Å². The monoisotopic (exact) mass is 380 g/mol. The number of anilines is 1. The number of nitrogens with one attached hydrogen (secondary N) is 1. The fourth-order valence-electron chi connectivity index (χ4n) is 2.19. The molecule has 4 nitrogen and oxygen atoms in total. The van der Waals surface area contributed by atoms with Gasteiger partial charge in [-0.1, -0.05) is 12.2 Å². The topological polar surface area (TPSA) is 60.5 Å². The van der Waals surface area contributed by atoms with E-state index in [0.717, 1.165) is 6.07 Å². The van der Waals surface area contributed by atoms with Gasteiger partial charge in [0.1, 0.15) is 10.5 Å². The van der Waals surface area contributed by atoms with Crippen molar-refractivity contribution < 1.29 is 26.3 Å². The summed E-state index contributed by atoms with van der Waals surface area (Å²) in [6.45, 7) is 1.31. The van der Waals surface area contributed by atoms with Crippen LogP contribution in [0.5, 0.6) is 0 Å². The number of nitrogens with zero attached hydrogens (tertiary/aromatic N) is 3. The summed E-state index contributed by atoms with van der Waals surface area (Å²) in [6.07, 6.45) is -9.87. The zero-order valence-electron chi connectivity index (χ0n) is 12.5. The van der Waals surface area contributed by atoms with E-state index in [-0.39, 0.29) is 10.7 Å². The molecule has 11 heteroatoms.